The van der Waals surface area contributed by atoms with Crippen LogP contribution in [-0.4, -0.2) is 10.5 Å². The summed E-state index contributed by atoms with van der Waals surface area (Å²) < 4.78 is 27.9. The maximum Gasteiger partial charge on any atom is 0.244 e. The molecule has 0 aliphatic carbocycles. The highest BCUT2D eigenvalue weighted by molar-refractivity contribution is 5.91. The lowest BCUT2D eigenvalue weighted by Gasteiger charge is -2.11. The van der Waals surface area contributed by atoms with Crippen LogP contribution in [0.5, 0.6) is 0 Å². The minimum absolute atomic E-state index is 0.0844. The highest BCUT2D eigenvalue weighted by atomic mass is 19.1. The van der Waals surface area contributed by atoms with Crippen molar-refractivity contribution in [2.75, 3.05) is 5.32 Å². The molecule has 3 rings (SSSR count). The number of fused-ring (bicyclic) bond motifs is 1. The number of amides is 1. The number of hydrogen-bond donors (Lipinski definition) is 1. The third-order valence-electron chi connectivity index (χ3n) is 3.36. The smallest absolute Gasteiger partial charge is 0.244 e. The van der Waals surface area contributed by atoms with E-state index in [1.807, 2.05) is 0 Å². The largest absolute Gasteiger partial charge is 0.338 e. The quantitative estimate of drug-likeness (QED) is 0.808. The van der Waals surface area contributed by atoms with Gasteiger partial charge in [-0.05, 0) is 36.4 Å². The molecule has 0 saturated heterocycles. The van der Waals surface area contributed by atoms with E-state index >= 15 is 0 Å². The fraction of sp³-hybridized carbons (Fsp3) is 0.0588. The predicted molar refractivity (Wildman–Crippen MR) is 83.2 cm³/mol. The van der Waals surface area contributed by atoms with Gasteiger partial charge in [-0.2, -0.15) is 0 Å². The first-order valence-electron chi connectivity index (χ1n) is 6.87. The summed E-state index contributed by atoms with van der Waals surface area (Å²) in [5.41, 5.74) is 0.473. The van der Waals surface area contributed by atoms with Crippen molar-refractivity contribution in [1.29, 1.82) is 0 Å². The number of aromatic nitrogens is 1. The van der Waals surface area contributed by atoms with Gasteiger partial charge in [-0.1, -0.05) is 6.07 Å². The van der Waals surface area contributed by atoms with Crippen LogP contribution in [0.15, 0.2) is 59.5 Å². The zero-order valence-corrected chi connectivity index (χ0v) is 11.9. The molecule has 116 valence electrons. The maximum atomic E-state index is 13.3. The molecule has 0 bridgehead atoms. The van der Waals surface area contributed by atoms with Crippen molar-refractivity contribution < 1.29 is 13.6 Å². The summed E-state index contributed by atoms with van der Waals surface area (Å²) in [7, 11) is 0. The maximum absolute atomic E-state index is 13.3. The molecule has 0 saturated carbocycles. The number of hydrogen-bond acceptors (Lipinski definition) is 2. The first kappa shape index (κ1) is 14.9. The molecule has 0 fully saturated rings. The van der Waals surface area contributed by atoms with Gasteiger partial charge in [0.25, 0.3) is 0 Å². The molecule has 2 aromatic carbocycles. The highest BCUT2D eigenvalue weighted by Crippen LogP contribution is 2.13. The van der Waals surface area contributed by atoms with E-state index in [1.54, 1.807) is 6.07 Å². The third kappa shape index (κ3) is 3.26. The Balaban J connectivity index is 1.88. The minimum atomic E-state index is -0.517. The van der Waals surface area contributed by atoms with Crippen molar-refractivity contribution in [2.24, 2.45) is 0 Å². The van der Waals surface area contributed by atoms with Gasteiger partial charge < -0.3 is 9.88 Å². The van der Waals surface area contributed by atoms with E-state index in [2.05, 4.69) is 5.32 Å². The monoisotopic (exact) mass is 314 g/mol. The van der Waals surface area contributed by atoms with Crippen LogP contribution in [0.25, 0.3) is 10.9 Å². The van der Waals surface area contributed by atoms with Crippen molar-refractivity contribution in [1.82, 2.24) is 4.57 Å². The van der Waals surface area contributed by atoms with Gasteiger partial charge >= 0.3 is 0 Å². The highest BCUT2D eigenvalue weighted by Gasteiger charge is 2.08. The summed E-state index contributed by atoms with van der Waals surface area (Å²) in [6.07, 6.45) is 1.47. The Morgan fingerprint density at radius 1 is 1.04 bits per heavy atom. The molecular formula is C17H12F2N2O2. The number of anilines is 1. The molecule has 3 aromatic rings. The summed E-state index contributed by atoms with van der Waals surface area (Å²) in [6, 6.07) is 10.6. The number of carbonyl (C=O) groups is 1. The molecule has 1 heterocycles. The topological polar surface area (TPSA) is 51.1 Å². The average molecular weight is 314 g/mol. The average Bonchev–Trinajstić information content (AvgIpc) is 2.50. The van der Waals surface area contributed by atoms with Crippen LogP contribution in [0.4, 0.5) is 14.5 Å². The molecule has 0 aliphatic heterocycles. The van der Waals surface area contributed by atoms with Gasteiger partial charge in [0.05, 0.1) is 5.52 Å². The summed E-state index contributed by atoms with van der Waals surface area (Å²) >= 11 is 0. The van der Waals surface area contributed by atoms with E-state index < -0.39 is 11.6 Å². The Bertz CT molecular complexity index is 951. The third-order valence-corrected chi connectivity index (χ3v) is 3.36. The van der Waals surface area contributed by atoms with Crippen molar-refractivity contribution >= 4 is 22.5 Å². The molecule has 1 aromatic heterocycles. The standard InChI is InChI=1S/C17H12F2N2O2/c18-11-2-1-3-13(8-11)20-17(23)10-21-7-6-16(22)14-9-12(19)4-5-15(14)21/h1-9H,10H2,(H,20,23). The lowest BCUT2D eigenvalue weighted by Crippen LogP contribution is -2.20. The summed E-state index contributed by atoms with van der Waals surface area (Å²) in [5.74, 6) is -1.35. The van der Waals surface area contributed by atoms with Gasteiger partial charge in [0, 0.05) is 23.3 Å². The summed E-state index contributed by atoms with van der Waals surface area (Å²) in [6.45, 7) is -0.0844. The van der Waals surface area contributed by atoms with Crippen LogP contribution >= 0.6 is 0 Å². The molecule has 0 radical (unpaired) electrons. The summed E-state index contributed by atoms with van der Waals surface area (Å²) in [5, 5.41) is 2.77. The van der Waals surface area contributed by atoms with Gasteiger partial charge in [-0.15, -0.1) is 0 Å². The number of halogens is 2. The molecule has 0 unspecified atom stereocenters. The zero-order chi connectivity index (χ0) is 16.4. The SMILES string of the molecule is O=C(Cn1ccc(=O)c2cc(F)ccc21)Nc1cccc(F)c1. The fourth-order valence-corrected chi connectivity index (χ4v) is 2.34. The molecule has 0 atom stereocenters. The van der Waals surface area contributed by atoms with Gasteiger partial charge in [0.2, 0.25) is 5.91 Å². The molecular weight excluding hydrogens is 302 g/mol. The molecule has 1 amide bonds. The fourth-order valence-electron chi connectivity index (χ4n) is 2.34. The van der Waals surface area contributed by atoms with Gasteiger partial charge in [0.15, 0.2) is 5.43 Å². The number of pyridine rings is 1. The van der Waals surface area contributed by atoms with Crippen LogP contribution in [-0.2, 0) is 11.3 Å². The molecule has 1 N–H and O–H groups in total. The normalized spacial score (nSPS) is 10.7. The van der Waals surface area contributed by atoms with E-state index in [0.717, 1.165) is 6.07 Å². The first-order chi connectivity index (χ1) is 11.0. The summed E-state index contributed by atoms with van der Waals surface area (Å²) in [4.78, 5) is 23.9. The number of rotatable bonds is 3. The number of benzene rings is 2. The van der Waals surface area contributed by atoms with Crippen molar-refractivity contribution in [2.45, 2.75) is 6.54 Å². The Labute approximate surface area is 130 Å². The van der Waals surface area contributed by atoms with E-state index in [-0.39, 0.29) is 23.3 Å². The van der Waals surface area contributed by atoms with Crippen LogP contribution in [0.2, 0.25) is 0 Å². The molecule has 23 heavy (non-hydrogen) atoms. The number of carbonyl (C=O) groups excluding carboxylic acids is 1. The van der Waals surface area contributed by atoms with Crippen LogP contribution in [0.1, 0.15) is 0 Å². The first-order valence-corrected chi connectivity index (χ1v) is 6.87. The van der Waals surface area contributed by atoms with Crippen LogP contribution < -0.4 is 10.7 Å². The molecule has 6 heteroatoms. The Morgan fingerprint density at radius 3 is 2.61 bits per heavy atom. The second kappa shape index (κ2) is 6.00. The zero-order valence-electron chi connectivity index (χ0n) is 11.9. The molecule has 4 nitrogen and oxygen atoms in total. The lowest BCUT2D eigenvalue weighted by molar-refractivity contribution is -0.116. The van der Waals surface area contributed by atoms with E-state index in [9.17, 15) is 18.4 Å². The molecule has 0 spiro atoms. The Kier molecular flexibility index (Phi) is 3.89. The van der Waals surface area contributed by atoms with Crippen molar-refractivity contribution in [3.63, 3.8) is 0 Å². The van der Waals surface area contributed by atoms with Gasteiger partial charge in [-0.25, -0.2) is 8.78 Å². The van der Waals surface area contributed by atoms with Crippen molar-refractivity contribution in [3.8, 4) is 0 Å². The second-order valence-electron chi connectivity index (χ2n) is 5.03. The van der Waals surface area contributed by atoms with Crippen LogP contribution in [0, 0.1) is 11.6 Å². The lowest BCUT2D eigenvalue weighted by atomic mass is 10.2. The second-order valence-corrected chi connectivity index (χ2v) is 5.03. The van der Waals surface area contributed by atoms with Crippen LogP contribution in [0.3, 0.4) is 0 Å². The minimum Gasteiger partial charge on any atom is -0.338 e. The number of nitrogens with zero attached hydrogens (tertiary/aromatic N) is 1. The Hall–Kier alpha value is -3.02. The van der Waals surface area contributed by atoms with E-state index in [4.69, 9.17) is 0 Å². The molecule has 0 aliphatic rings. The Morgan fingerprint density at radius 2 is 1.83 bits per heavy atom. The van der Waals surface area contributed by atoms with Gasteiger partial charge in [0.1, 0.15) is 18.2 Å². The van der Waals surface area contributed by atoms with E-state index in [0.29, 0.717) is 11.2 Å². The number of nitrogens with one attached hydrogen (secondary N) is 1. The van der Waals surface area contributed by atoms with E-state index in [1.165, 1.54) is 47.2 Å². The predicted octanol–water partition coefficient (Wildman–Crippen LogP) is 2.92. The van der Waals surface area contributed by atoms with Crippen molar-refractivity contribution in [3.05, 3.63) is 76.6 Å². The van der Waals surface area contributed by atoms with Gasteiger partial charge in [-0.3, -0.25) is 9.59 Å².